The van der Waals surface area contributed by atoms with Crippen molar-refractivity contribution in [1.82, 2.24) is 14.8 Å². The minimum atomic E-state index is -0.838. The number of rotatable bonds is 6. The second kappa shape index (κ2) is 9.77. The van der Waals surface area contributed by atoms with E-state index in [1.807, 2.05) is 66.7 Å². The molecule has 0 atom stereocenters. The van der Waals surface area contributed by atoms with E-state index in [-0.39, 0.29) is 16.4 Å². The Balaban J connectivity index is 1.49. The van der Waals surface area contributed by atoms with E-state index in [9.17, 15) is 9.59 Å². The van der Waals surface area contributed by atoms with Gasteiger partial charge < -0.3 is 10.1 Å². The first-order chi connectivity index (χ1) is 16.0. The maximum absolute atomic E-state index is 12.6. The molecule has 0 aliphatic heterocycles. The summed E-state index contributed by atoms with van der Waals surface area (Å²) in [6, 6.07) is 24.9. The van der Waals surface area contributed by atoms with Crippen molar-refractivity contribution in [3.8, 4) is 23.1 Å². The molecule has 33 heavy (non-hydrogen) atoms. The lowest BCUT2D eigenvalue weighted by molar-refractivity contribution is -0.119. The summed E-state index contributed by atoms with van der Waals surface area (Å²) in [6.45, 7) is -0.545. The Hall–Kier alpha value is -4.48. The predicted octanol–water partition coefficient (Wildman–Crippen LogP) is 4.25. The molecule has 0 unspecified atom stereocenters. The molecule has 0 aliphatic carbocycles. The maximum atomic E-state index is 12.6. The summed E-state index contributed by atoms with van der Waals surface area (Å²) in [5, 5.41) is 16.0. The van der Waals surface area contributed by atoms with Gasteiger partial charge in [-0.2, -0.15) is 5.26 Å². The van der Waals surface area contributed by atoms with Crippen LogP contribution in [0.15, 0.2) is 78.9 Å². The molecule has 0 saturated heterocycles. The van der Waals surface area contributed by atoms with E-state index < -0.39 is 18.5 Å². The van der Waals surface area contributed by atoms with Crippen LogP contribution in [-0.4, -0.2) is 33.2 Å². The highest BCUT2D eigenvalue weighted by Crippen LogP contribution is 2.22. The highest BCUT2D eigenvalue weighted by Gasteiger charge is 2.20. The number of carbonyl (C=O) groups excluding carboxylic acids is 2. The van der Waals surface area contributed by atoms with Crippen LogP contribution >= 0.6 is 11.6 Å². The smallest absolute Gasteiger partial charge is 0.378 e. The molecule has 0 aliphatic rings. The van der Waals surface area contributed by atoms with Crippen molar-refractivity contribution >= 4 is 29.2 Å². The van der Waals surface area contributed by atoms with Crippen LogP contribution in [0.4, 0.5) is 5.69 Å². The number of carbonyl (C=O) groups is 2. The lowest BCUT2D eigenvalue weighted by Gasteiger charge is -2.06. The van der Waals surface area contributed by atoms with Crippen LogP contribution in [0.1, 0.15) is 16.2 Å². The van der Waals surface area contributed by atoms with Crippen LogP contribution in [0, 0.1) is 11.3 Å². The van der Waals surface area contributed by atoms with Crippen LogP contribution in [0.25, 0.3) is 17.1 Å². The third-order valence-corrected chi connectivity index (χ3v) is 4.84. The number of nitrogens with one attached hydrogen (secondary N) is 1. The number of esters is 1. The number of nitrogens with zero attached hydrogens (tertiary/aromatic N) is 4. The summed E-state index contributed by atoms with van der Waals surface area (Å²) in [4.78, 5) is 29.1. The first-order valence-electron chi connectivity index (χ1n) is 9.79. The molecule has 0 fully saturated rings. The molecule has 1 aromatic heterocycles. The van der Waals surface area contributed by atoms with Gasteiger partial charge in [0.2, 0.25) is 0 Å². The van der Waals surface area contributed by atoms with Crippen molar-refractivity contribution in [1.29, 1.82) is 5.26 Å². The van der Waals surface area contributed by atoms with E-state index in [4.69, 9.17) is 21.6 Å². The molecule has 3 aromatic carbocycles. The van der Waals surface area contributed by atoms with Gasteiger partial charge in [-0.3, -0.25) is 4.79 Å². The zero-order chi connectivity index (χ0) is 23.2. The van der Waals surface area contributed by atoms with Crippen LogP contribution in [0.2, 0.25) is 5.02 Å². The number of benzene rings is 3. The van der Waals surface area contributed by atoms with E-state index in [0.29, 0.717) is 11.5 Å². The van der Waals surface area contributed by atoms with E-state index in [1.165, 1.54) is 18.2 Å². The normalized spacial score (nSPS) is 10.3. The fraction of sp³-hybridized carbons (Fsp3) is 0.0417. The van der Waals surface area contributed by atoms with Gasteiger partial charge in [-0.1, -0.05) is 60.1 Å². The van der Waals surface area contributed by atoms with Gasteiger partial charge in [-0.15, -0.1) is 5.10 Å². The summed E-state index contributed by atoms with van der Waals surface area (Å²) in [5.41, 5.74) is 2.15. The van der Waals surface area contributed by atoms with Crippen LogP contribution in [0.3, 0.4) is 0 Å². The topological polar surface area (TPSA) is 110 Å². The number of ether oxygens (including phenoxy) is 1. The van der Waals surface area contributed by atoms with Crippen molar-refractivity contribution in [2.75, 3.05) is 11.9 Å². The van der Waals surface area contributed by atoms with Gasteiger partial charge >= 0.3 is 5.97 Å². The highest BCUT2D eigenvalue weighted by molar-refractivity contribution is 6.32. The molecule has 4 aromatic rings. The van der Waals surface area contributed by atoms with Crippen LogP contribution in [0.5, 0.6) is 0 Å². The average molecular weight is 458 g/mol. The summed E-state index contributed by atoms with van der Waals surface area (Å²) in [6.07, 6.45) is 0. The van der Waals surface area contributed by atoms with Crippen molar-refractivity contribution in [3.63, 3.8) is 0 Å². The summed E-state index contributed by atoms with van der Waals surface area (Å²) in [7, 11) is 0. The van der Waals surface area contributed by atoms with Gasteiger partial charge in [0.25, 0.3) is 11.7 Å². The van der Waals surface area contributed by atoms with Gasteiger partial charge in [-0.25, -0.2) is 14.5 Å². The minimum absolute atomic E-state index is 0.174. The molecule has 9 heteroatoms. The molecule has 1 amide bonds. The number of amides is 1. The Kier molecular flexibility index (Phi) is 6.43. The van der Waals surface area contributed by atoms with E-state index in [1.54, 1.807) is 4.68 Å². The number of aromatic nitrogens is 3. The molecule has 0 bridgehead atoms. The summed E-state index contributed by atoms with van der Waals surface area (Å²) in [5.74, 6) is -1.12. The predicted molar refractivity (Wildman–Crippen MR) is 122 cm³/mol. The minimum Gasteiger partial charge on any atom is -0.450 e. The quantitative estimate of drug-likeness (QED) is 0.433. The zero-order valence-corrected chi connectivity index (χ0v) is 17.9. The standard InChI is InChI=1S/C24H16ClN5O3/c25-20-13-18(12-11-17(20)14-26)27-21(31)15-33-24(32)22-28-23(16-7-3-1-4-8-16)30(29-22)19-9-5-2-6-10-19/h1-13H,15H2,(H,27,31). The van der Waals surface area contributed by atoms with E-state index in [0.717, 1.165) is 11.3 Å². The van der Waals surface area contributed by atoms with Crippen molar-refractivity contribution < 1.29 is 14.3 Å². The maximum Gasteiger partial charge on any atom is 0.378 e. The van der Waals surface area contributed by atoms with Crippen molar-refractivity contribution in [3.05, 3.63) is 95.3 Å². The lowest BCUT2D eigenvalue weighted by Crippen LogP contribution is -2.21. The van der Waals surface area contributed by atoms with Crippen LogP contribution < -0.4 is 5.32 Å². The number of hydrogen-bond acceptors (Lipinski definition) is 6. The SMILES string of the molecule is N#Cc1ccc(NC(=O)COC(=O)c2nc(-c3ccccc3)n(-c3ccccc3)n2)cc1Cl. The van der Waals surface area contributed by atoms with E-state index in [2.05, 4.69) is 15.4 Å². The van der Waals surface area contributed by atoms with Crippen LogP contribution in [-0.2, 0) is 9.53 Å². The molecule has 0 radical (unpaired) electrons. The number of hydrogen-bond donors (Lipinski definition) is 1. The van der Waals surface area contributed by atoms with Gasteiger partial charge in [0.1, 0.15) is 6.07 Å². The van der Waals surface area contributed by atoms with Crippen molar-refractivity contribution in [2.45, 2.75) is 0 Å². The average Bonchev–Trinajstić information content (AvgIpc) is 3.29. The zero-order valence-electron chi connectivity index (χ0n) is 17.1. The third-order valence-electron chi connectivity index (χ3n) is 4.53. The monoisotopic (exact) mass is 457 g/mol. The molecule has 0 saturated carbocycles. The van der Waals surface area contributed by atoms with Crippen molar-refractivity contribution in [2.24, 2.45) is 0 Å². The Morgan fingerprint density at radius 1 is 1.03 bits per heavy atom. The molecule has 4 rings (SSSR count). The Labute approximate surface area is 194 Å². The highest BCUT2D eigenvalue weighted by atomic mass is 35.5. The molecular formula is C24H16ClN5O3. The van der Waals surface area contributed by atoms with E-state index >= 15 is 0 Å². The fourth-order valence-electron chi connectivity index (χ4n) is 3.00. The largest absolute Gasteiger partial charge is 0.450 e. The molecule has 162 valence electrons. The number of nitriles is 1. The molecule has 1 heterocycles. The fourth-order valence-corrected chi connectivity index (χ4v) is 3.22. The Morgan fingerprint density at radius 3 is 2.39 bits per heavy atom. The molecular weight excluding hydrogens is 442 g/mol. The van der Waals surface area contributed by atoms with Gasteiger partial charge in [0.15, 0.2) is 12.4 Å². The third kappa shape index (κ3) is 5.06. The van der Waals surface area contributed by atoms with Gasteiger partial charge in [0, 0.05) is 11.3 Å². The number of anilines is 1. The lowest BCUT2D eigenvalue weighted by atomic mass is 10.2. The first kappa shape index (κ1) is 21.7. The summed E-state index contributed by atoms with van der Waals surface area (Å²) < 4.78 is 6.65. The summed E-state index contributed by atoms with van der Waals surface area (Å²) >= 11 is 5.96. The second-order valence-corrected chi connectivity index (χ2v) is 7.21. The first-order valence-corrected chi connectivity index (χ1v) is 10.2. The van der Waals surface area contributed by atoms with Gasteiger partial charge in [-0.05, 0) is 30.3 Å². The Morgan fingerprint density at radius 2 is 1.73 bits per heavy atom. The number of para-hydroxylation sites is 1. The molecule has 1 N–H and O–H groups in total. The Bertz CT molecular complexity index is 1290. The molecule has 8 nitrogen and oxygen atoms in total. The second-order valence-electron chi connectivity index (χ2n) is 6.80. The molecule has 0 spiro atoms. The van der Waals surface area contributed by atoms with Gasteiger partial charge in [0.05, 0.1) is 16.3 Å². The number of halogens is 1.